The zero-order chi connectivity index (χ0) is 20.4. The predicted molar refractivity (Wildman–Crippen MR) is 102 cm³/mol. The first-order valence-electron chi connectivity index (χ1n) is 7.96. The van der Waals surface area contributed by atoms with E-state index in [0.29, 0.717) is 23.1 Å². The van der Waals surface area contributed by atoms with Crippen LogP contribution in [-0.4, -0.2) is 30.8 Å². The molecule has 6 nitrogen and oxygen atoms in total. The minimum atomic E-state index is -4.32. The molecule has 9 heteroatoms. The van der Waals surface area contributed by atoms with E-state index < -0.39 is 37.3 Å². The molecule has 1 atom stereocenters. The molecule has 1 fully saturated rings. The van der Waals surface area contributed by atoms with Crippen LogP contribution >= 0.6 is 11.8 Å². The average Bonchev–Trinajstić information content (AvgIpc) is 2.97. The van der Waals surface area contributed by atoms with Gasteiger partial charge in [0.2, 0.25) is 13.9 Å². The van der Waals surface area contributed by atoms with Crippen LogP contribution in [0.15, 0.2) is 53.4 Å². The van der Waals surface area contributed by atoms with Crippen molar-refractivity contribution in [2.45, 2.75) is 15.4 Å². The molecule has 0 aliphatic carbocycles. The second-order valence-electron chi connectivity index (χ2n) is 5.76. The molecule has 144 valence electrons. The number of nitrogens with one attached hydrogen (secondary N) is 1. The topological polar surface area (TPSA) is 89.5 Å². The summed E-state index contributed by atoms with van der Waals surface area (Å²) in [5.74, 6) is 4.52. The summed E-state index contributed by atoms with van der Waals surface area (Å²) >= 11 is 0.365. The maximum Gasteiger partial charge on any atom is 0.287 e. The van der Waals surface area contributed by atoms with E-state index in [0.717, 1.165) is 24.3 Å². The molecule has 28 heavy (non-hydrogen) atoms. The van der Waals surface area contributed by atoms with Crippen molar-refractivity contribution in [3.8, 4) is 17.6 Å². The van der Waals surface area contributed by atoms with Gasteiger partial charge in [-0.2, -0.15) is 0 Å². The third kappa shape index (κ3) is 3.61. The van der Waals surface area contributed by atoms with Crippen molar-refractivity contribution in [2.24, 2.45) is 0 Å². The number of ether oxygens (including phenoxy) is 1. The van der Waals surface area contributed by atoms with Crippen molar-refractivity contribution < 1.29 is 27.1 Å². The molecule has 0 saturated carbocycles. The molecule has 0 aromatic heterocycles. The quantitative estimate of drug-likeness (QED) is 0.606. The fraction of sp³-hybridized carbons (Fsp3) is 0.158. The zero-order valence-corrected chi connectivity index (χ0v) is 16.2. The highest BCUT2D eigenvalue weighted by Gasteiger charge is 2.58. The second kappa shape index (κ2) is 7.66. The van der Waals surface area contributed by atoms with Gasteiger partial charge in [0.05, 0.1) is 12.0 Å². The highest BCUT2D eigenvalue weighted by molar-refractivity contribution is 8.25. The van der Waals surface area contributed by atoms with Crippen molar-refractivity contribution in [1.82, 2.24) is 5.32 Å². The Bertz CT molecular complexity index is 1090. The van der Waals surface area contributed by atoms with Crippen LogP contribution in [0.25, 0.3) is 0 Å². The molecule has 1 heterocycles. The standard InChI is InChI=1S/C19H14FNO5S2/c1-26-15-8-4-13(5-9-15)3-2-12-19(17(22)21-18(23)27-19)28(24,25)16-10-6-14(20)7-11-16/h4-11H,12H2,1H3,(H,21,22,23). The number of imide groups is 1. The number of benzene rings is 2. The third-order valence-electron chi connectivity index (χ3n) is 4.02. The van der Waals surface area contributed by atoms with Crippen LogP contribution in [0.1, 0.15) is 12.0 Å². The van der Waals surface area contributed by atoms with E-state index >= 15 is 0 Å². The summed E-state index contributed by atoms with van der Waals surface area (Å²) in [5, 5.41) is 1.23. The van der Waals surface area contributed by atoms with E-state index in [1.807, 2.05) is 5.32 Å². The first-order valence-corrected chi connectivity index (χ1v) is 10.3. The van der Waals surface area contributed by atoms with E-state index in [4.69, 9.17) is 4.74 Å². The summed E-state index contributed by atoms with van der Waals surface area (Å²) in [6.45, 7) is 0. The van der Waals surface area contributed by atoms with E-state index in [2.05, 4.69) is 11.8 Å². The Kier molecular flexibility index (Phi) is 5.45. The number of sulfone groups is 1. The maximum absolute atomic E-state index is 13.2. The zero-order valence-electron chi connectivity index (χ0n) is 14.6. The van der Waals surface area contributed by atoms with E-state index in [-0.39, 0.29) is 4.90 Å². The Balaban J connectivity index is 1.98. The number of halogens is 1. The molecule has 1 unspecified atom stereocenters. The number of methoxy groups -OCH3 is 1. The van der Waals surface area contributed by atoms with E-state index in [9.17, 15) is 22.4 Å². The molecule has 3 rings (SSSR count). The van der Waals surface area contributed by atoms with Gasteiger partial charge in [0.15, 0.2) is 0 Å². The van der Waals surface area contributed by atoms with Crippen molar-refractivity contribution >= 4 is 32.7 Å². The number of carbonyl (C=O) groups is 2. The molecule has 1 aliphatic rings. The lowest BCUT2D eigenvalue weighted by atomic mass is 10.2. The smallest absolute Gasteiger partial charge is 0.287 e. The fourth-order valence-electron chi connectivity index (χ4n) is 2.54. The van der Waals surface area contributed by atoms with Gasteiger partial charge >= 0.3 is 0 Å². The maximum atomic E-state index is 13.2. The largest absolute Gasteiger partial charge is 0.497 e. The summed E-state index contributed by atoms with van der Waals surface area (Å²) < 4.78 is 42.3. The molecule has 2 amide bonds. The molecule has 0 spiro atoms. The molecular formula is C19H14FNO5S2. The molecule has 2 aromatic rings. The number of carbonyl (C=O) groups excluding carboxylic acids is 2. The fourth-order valence-corrected chi connectivity index (χ4v) is 5.66. The van der Waals surface area contributed by atoms with Gasteiger partial charge in [0, 0.05) is 12.0 Å². The summed E-state index contributed by atoms with van der Waals surface area (Å²) in [4.78, 5) is 23.9. The lowest BCUT2D eigenvalue weighted by molar-refractivity contribution is -0.119. The van der Waals surface area contributed by atoms with E-state index in [1.54, 1.807) is 24.3 Å². The molecule has 1 saturated heterocycles. The first-order chi connectivity index (χ1) is 13.3. The summed E-state index contributed by atoms with van der Waals surface area (Å²) in [6.07, 6.45) is -0.416. The monoisotopic (exact) mass is 419 g/mol. The van der Waals surface area contributed by atoms with Crippen LogP contribution in [0.4, 0.5) is 9.18 Å². The van der Waals surface area contributed by atoms with Crippen LogP contribution < -0.4 is 10.1 Å². The van der Waals surface area contributed by atoms with Crippen LogP contribution in [0.2, 0.25) is 0 Å². The van der Waals surface area contributed by atoms with Crippen molar-refractivity contribution in [2.75, 3.05) is 7.11 Å². The summed E-state index contributed by atoms with van der Waals surface area (Å²) in [6, 6.07) is 10.8. The minimum absolute atomic E-state index is 0.266. The Labute approximate surface area is 165 Å². The normalized spacial score (nSPS) is 18.9. The van der Waals surface area contributed by atoms with Gasteiger partial charge in [-0.25, -0.2) is 12.8 Å². The van der Waals surface area contributed by atoms with Crippen LogP contribution in [-0.2, 0) is 14.6 Å². The number of rotatable bonds is 4. The molecule has 1 aliphatic heterocycles. The van der Waals surface area contributed by atoms with Gasteiger partial charge in [-0.1, -0.05) is 11.8 Å². The Morgan fingerprint density at radius 3 is 2.29 bits per heavy atom. The van der Waals surface area contributed by atoms with Crippen LogP contribution in [0.5, 0.6) is 5.75 Å². The number of hydrogen-bond donors (Lipinski definition) is 1. The Hall–Kier alpha value is -2.83. The Morgan fingerprint density at radius 1 is 1.11 bits per heavy atom. The number of thioether (sulfide) groups is 1. The molecular weight excluding hydrogens is 405 g/mol. The summed E-state index contributed by atoms with van der Waals surface area (Å²) in [5.41, 5.74) is 0.588. The lowest BCUT2D eigenvalue weighted by Crippen LogP contribution is -2.43. The van der Waals surface area contributed by atoms with Gasteiger partial charge in [-0.3, -0.25) is 14.9 Å². The molecule has 0 bridgehead atoms. The van der Waals surface area contributed by atoms with Crippen LogP contribution in [0.3, 0.4) is 0 Å². The minimum Gasteiger partial charge on any atom is -0.497 e. The van der Waals surface area contributed by atoms with Crippen LogP contribution in [0, 0.1) is 17.7 Å². The van der Waals surface area contributed by atoms with Crippen molar-refractivity contribution in [1.29, 1.82) is 0 Å². The predicted octanol–water partition coefficient (Wildman–Crippen LogP) is 2.73. The Morgan fingerprint density at radius 2 is 1.75 bits per heavy atom. The average molecular weight is 419 g/mol. The molecule has 1 N–H and O–H groups in total. The van der Waals surface area contributed by atoms with Gasteiger partial charge in [-0.15, -0.1) is 0 Å². The van der Waals surface area contributed by atoms with Crippen molar-refractivity contribution in [3.05, 3.63) is 59.9 Å². The first kappa shape index (κ1) is 19.9. The number of amides is 2. The van der Waals surface area contributed by atoms with Crippen molar-refractivity contribution in [3.63, 3.8) is 0 Å². The molecule has 2 aromatic carbocycles. The van der Waals surface area contributed by atoms with Gasteiger partial charge in [0.1, 0.15) is 11.6 Å². The van der Waals surface area contributed by atoms with Gasteiger partial charge in [-0.05, 0) is 60.3 Å². The number of hydrogen-bond acceptors (Lipinski definition) is 6. The lowest BCUT2D eigenvalue weighted by Gasteiger charge is -2.22. The SMILES string of the molecule is COc1ccc(C#CCC2(S(=O)(=O)c3ccc(F)cc3)SC(=O)NC2=O)cc1. The van der Waals surface area contributed by atoms with Gasteiger partial charge < -0.3 is 4.74 Å². The second-order valence-corrected chi connectivity index (χ2v) is 9.47. The third-order valence-corrected chi connectivity index (χ3v) is 7.97. The summed E-state index contributed by atoms with van der Waals surface area (Å²) in [7, 11) is -2.80. The highest BCUT2D eigenvalue weighted by Crippen LogP contribution is 2.43. The van der Waals surface area contributed by atoms with Gasteiger partial charge in [0.25, 0.3) is 11.1 Å². The van der Waals surface area contributed by atoms with E-state index in [1.165, 1.54) is 7.11 Å². The molecule has 0 radical (unpaired) electrons. The highest BCUT2D eigenvalue weighted by atomic mass is 32.3.